The number of carbonyl (C=O) groups excluding carboxylic acids is 2. The quantitative estimate of drug-likeness (QED) is 0.701. The molecule has 0 radical (unpaired) electrons. The minimum absolute atomic E-state index is 0.0557. The molecule has 0 aromatic heterocycles. The van der Waals surface area contributed by atoms with E-state index in [1.807, 2.05) is 79.4 Å². The third kappa shape index (κ3) is 3.38. The van der Waals surface area contributed by atoms with Crippen molar-refractivity contribution >= 4 is 34.0 Å². The van der Waals surface area contributed by atoms with Crippen LogP contribution in [0.2, 0.25) is 0 Å². The summed E-state index contributed by atoms with van der Waals surface area (Å²) in [5, 5.41) is 4.98. The summed E-state index contributed by atoms with van der Waals surface area (Å²) in [6.07, 6.45) is 1.92. The highest BCUT2D eigenvalue weighted by Gasteiger charge is 2.25. The van der Waals surface area contributed by atoms with Crippen LogP contribution in [0.1, 0.15) is 36.2 Å². The molecule has 0 saturated carbocycles. The van der Waals surface area contributed by atoms with Crippen LogP contribution >= 0.6 is 0 Å². The van der Waals surface area contributed by atoms with Crippen molar-refractivity contribution in [3.8, 4) is 0 Å². The Morgan fingerprint density at radius 1 is 1.00 bits per heavy atom. The number of amides is 2. The standard InChI is InChI=1S/C24H24N2O2/c1-16(2)24(28)26-14-6-9-18-12-13-19(15-22(18)26)25-23(27)21-11-5-8-17-7-3-4-10-20(17)21/h3-5,7-8,10-13,15-16H,6,9,14H2,1-2H3,(H,25,27). The minimum atomic E-state index is -0.144. The Morgan fingerprint density at radius 3 is 2.61 bits per heavy atom. The van der Waals surface area contributed by atoms with E-state index >= 15 is 0 Å². The van der Waals surface area contributed by atoms with E-state index in [1.165, 1.54) is 0 Å². The Labute approximate surface area is 165 Å². The average Bonchev–Trinajstić information content (AvgIpc) is 2.72. The van der Waals surface area contributed by atoms with Crippen molar-refractivity contribution in [2.24, 2.45) is 5.92 Å². The molecular weight excluding hydrogens is 348 g/mol. The van der Waals surface area contributed by atoms with E-state index in [2.05, 4.69) is 5.32 Å². The highest BCUT2D eigenvalue weighted by molar-refractivity contribution is 6.13. The van der Waals surface area contributed by atoms with Crippen LogP contribution in [0.5, 0.6) is 0 Å². The number of rotatable bonds is 3. The smallest absolute Gasteiger partial charge is 0.256 e. The molecule has 4 rings (SSSR count). The van der Waals surface area contributed by atoms with Gasteiger partial charge in [-0.3, -0.25) is 9.59 Å². The summed E-state index contributed by atoms with van der Waals surface area (Å²) in [6, 6.07) is 19.5. The third-order valence-electron chi connectivity index (χ3n) is 5.26. The molecule has 3 aromatic rings. The fourth-order valence-electron chi connectivity index (χ4n) is 3.81. The topological polar surface area (TPSA) is 49.4 Å². The molecule has 0 bridgehead atoms. The zero-order chi connectivity index (χ0) is 19.7. The van der Waals surface area contributed by atoms with E-state index in [1.54, 1.807) is 0 Å². The van der Waals surface area contributed by atoms with Crippen LogP contribution in [-0.4, -0.2) is 18.4 Å². The van der Waals surface area contributed by atoms with Gasteiger partial charge in [0.25, 0.3) is 5.91 Å². The van der Waals surface area contributed by atoms with Crippen LogP contribution in [0, 0.1) is 5.92 Å². The Balaban J connectivity index is 1.65. The number of anilines is 2. The lowest BCUT2D eigenvalue weighted by molar-refractivity contribution is -0.121. The molecule has 142 valence electrons. The van der Waals surface area contributed by atoms with Gasteiger partial charge in [-0.25, -0.2) is 0 Å². The SMILES string of the molecule is CC(C)C(=O)N1CCCc2ccc(NC(=O)c3cccc4ccccc34)cc21. The van der Waals surface area contributed by atoms with Crippen molar-refractivity contribution in [1.82, 2.24) is 0 Å². The zero-order valence-electron chi connectivity index (χ0n) is 16.2. The summed E-state index contributed by atoms with van der Waals surface area (Å²) in [4.78, 5) is 27.4. The van der Waals surface area contributed by atoms with Crippen molar-refractivity contribution in [2.45, 2.75) is 26.7 Å². The highest BCUT2D eigenvalue weighted by atomic mass is 16.2. The van der Waals surface area contributed by atoms with Crippen LogP contribution in [0.25, 0.3) is 10.8 Å². The lowest BCUT2D eigenvalue weighted by Crippen LogP contribution is -2.38. The number of nitrogens with zero attached hydrogens (tertiary/aromatic N) is 1. The first-order chi connectivity index (χ1) is 13.5. The first-order valence-corrected chi connectivity index (χ1v) is 9.78. The molecule has 2 amide bonds. The molecule has 1 heterocycles. The van der Waals surface area contributed by atoms with Crippen LogP contribution < -0.4 is 10.2 Å². The van der Waals surface area contributed by atoms with Gasteiger partial charge in [0.2, 0.25) is 5.91 Å². The molecule has 0 unspecified atom stereocenters. The molecule has 0 spiro atoms. The summed E-state index contributed by atoms with van der Waals surface area (Å²) < 4.78 is 0. The third-order valence-corrected chi connectivity index (χ3v) is 5.26. The molecule has 28 heavy (non-hydrogen) atoms. The molecule has 0 aliphatic carbocycles. The van der Waals surface area contributed by atoms with Gasteiger partial charge in [-0.1, -0.05) is 56.3 Å². The molecule has 4 nitrogen and oxygen atoms in total. The van der Waals surface area contributed by atoms with Crippen molar-refractivity contribution in [3.63, 3.8) is 0 Å². The summed E-state index contributed by atoms with van der Waals surface area (Å²) >= 11 is 0. The first-order valence-electron chi connectivity index (χ1n) is 9.78. The fraction of sp³-hybridized carbons (Fsp3) is 0.250. The maximum atomic E-state index is 12.9. The van der Waals surface area contributed by atoms with Gasteiger partial charge in [0.1, 0.15) is 0 Å². The number of hydrogen-bond donors (Lipinski definition) is 1. The van der Waals surface area contributed by atoms with Crippen molar-refractivity contribution < 1.29 is 9.59 Å². The van der Waals surface area contributed by atoms with Gasteiger partial charge in [0, 0.05) is 29.4 Å². The van der Waals surface area contributed by atoms with E-state index in [-0.39, 0.29) is 17.7 Å². The van der Waals surface area contributed by atoms with Gasteiger partial charge < -0.3 is 10.2 Å². The van der Waals surface area contributed by atoms with E-state index in [4.69, 9.17) is 0 Å². The van der Waals surface area contributed by atoms with Crippen LogP contribution in [0.4, 0.5) is 11.4 Å². The molecular formula is C24H24N2O2. The van der Waals surface area contributed by atoms with Crippen LogP contribution in [-0.2, 0) is 11.2 Å². The summed E-state index contributed by atoms with van der Waals surface area (Å²) in [6.45, 7) is 4.57. The van der Waals surface area contributed by atoms with Crippen molar-refractivity contribution in [3.05, 3.63) is 71.8 Å². The summed E-state index contributed by atoms with van der Waals surface area (Å²) in [7, 11) is 0. The average molecular weight is 372 g/mol. The predicted octanol–water partition coefficient (Wildman–Crippen LogP) is 5.03. The number of benzene rings is 3. The molecule has 4 heteroatoms. The normalized spacial score (nSPS) is 13.5. The van der Waals surface area contributed by atoms with Gasteiger partial charge in [-0.2, -0.15) is 0 Å². The molecule has 1 N–H and O–H groups in total. The Bertz CT molecular complexity index is 1050. The van der Waals surface area contributed by atoms with Crippen molar-refractivity contribution in [1.29, 1.82) is 0 Å². The lowest BCUT2D eigenvalue weighted by atomic mass is 9.99. The second-order valence-corrected chi connectivity index (χ2v) is 7.57. The van der Waals surface area contributed by atoms with Crippen LogP contribution in [0.15, 0.2) is 60.7 Å². The Morgan fingerprint density at radius 2 is 1.79 bits per heavy atom. The second kappa shape index (κ2) is 7.47. The molecule has 1 aliphatic rings. The van der Waals surface area contributed by atoms with E-state index in [9.17, 15) is 9.59 Å². The predicted molar refractivity (Wildman–Crippen MR) is 114 cm³/mol. The second-order valence-electron chi connectivity index (χ2n) is 7.57. The monoisotopic (exact) mass is 372 g/mol. The first kappa shape index (κ1) is 18.2. The van der Waals surface area contributed by atoms with Gasteiger partial charge in [0.05, 0.1) is 0 Å². The van der Waals surface area contributed by atoms with E-state index in [0.29, 0.717) is 11.3 Å². The number of fused-ring (bicyclic) bond motifs is 2. The minimum Gasteiger partial charge on any atom is -0.322 e. The summed E-state index contributed by atoms with van der Waals surface area (Å²) in [5.74, 6) is -0.0762. The Kier molecular flexibility index (Phi) is 4.86. The zero-order valence-corrected chi connectivity index (χ0v) is 16.2. The number of aryl methyl sites for hydroxylation is 1. The number of carbonyl (C=O) groups is 2. The van der Waals surface area contributed by atoms with E-state index in [0.717, 1.165) is 41.4 Å². The van der Waals surface area contributed by atoms with Gasteiger partial charge in [-0.15, -0.1) is 0 Å². The summed E-state index contributed by atoms with van der Waals surface area (Å²) in [5.41, 5.74) is 3.43. The maximum absolute atomic E-state index is 12.9. The van der Waals surface area contributed by atoms with Crippen LogP contribution in [0.3, 0.4) is 0 Å². The largest absolute Gasteiger partial charge is 0.322 e. The lowest BCUT2D eigenvalue weighted by Gasteiger charge is -2.31. The molecule has 3 aromatic carbocycles. The fourth-order valence-corrected chi connectivity index (χ4v) is 3.81. The molecule has 0 saturated heterocycles. The number of hydrogen-bond acceptors (Lipinski definition) is 2. The van der Waals surface area contributed by atoms with Gasteiger partial charge in [-0.05, 0) is 47.4 Å². The molecule has 0 atom stereocenters. The van der Waals surface area contributed by atoms with Gasteiger partial charge in [0.15, 0.2) is 0 Å². The Hall–Kier alpha value is -3.14. The highest BCUT2D eigenvalue weighted by Crippen LogP contribution is 2.31. The molecule has 1 aliphatic heterocycles. The molecule has 0 fully saturated rings. The maximum Gasteiger partial charge on any atom is 0.256 e. The van der Waals surface area contributed by atoms with Gasteiger partial charge >= 0.3 is 0 Å². The van der Waals surface area contributed by atoms with E-state index < -0.39 is 0 Å². The van der Waals surface area contributed by atoms with Crippen molar-refractivity contribution in [2.75, 3.05) is 16.8 Å². The number of nitrogens with one attached hydrogen (secondary N) is 1.